The van der Waals surface area contributed by atoms with Gasteiger partial charge in [-0.15, -0.1) is 0 Å². The summed E-state index contributed by atoms with van der Waals surface area (Å²) in [6, 6.07) is 4.41. The van der Waals surface area contributed by atoms with Crippen molar-refractivity contribution >= 4 is 27.8 Å². The fourth-order valence-electron chi connectivity index (χ4n) is 1.17. The molecule has 0 radical (unpaired) electrons. The van der Waals surface area contributed by atoms with Crippen molar-refractivity contribution < 1.29 is 19.4 Å². The number of carbonyl (C=O) groups excluding carboxylic acids is 1. The number of carboxylic acids is 1. The van der Waals surface area contributed by atoms with Gasteiger partial charge in [0.1, 0.15) is 5.75 Å². The van der Waals surface area contributed by atoms with Gasteiger partial charge in [0.15, 0.2) is 6.61 Å². The van der Waals surface area contributed by atoms with Gasteiger partial charge >= 0.3 is 5.97 Å². The lowest BCUT2D eigenvalue weighted by Gasteiger charge is -2.15. The second-order valence-corrected chi connectivity index (χ2v) is 4.50. The van der Waals surface area contributed by atoms with Gasteiger partial charge in [-0.1, -0.05) is 0 Å². The number of carbonyl (C=O) groups is 2. The molecule has 6 heteroatoms. The van der Waals surface area contributed by atoms with E-state index in [1.165, 1.54) is 17.0 Å². The minimum Gasteiger partial charge on any atom is -0.483 e. The van der Waals surface area contributed by atoms with Crippen LogP contribution in [0.5, 0.6) is 5.75 Å². The van der Waals surface area contributed by atoms with Crippen molar-refractivity contribution in [2.45, 2.75) is 6.92 Å². The zero-order valence-electron chi connectivity index (χ0n) is 10.1. The minimum absolute atomic E-state index is 0.115. The van der Waals surface area contributed by atoms with Crippen LogP contribution in [0.25, 0.3) is 0 Å². The normalized spacial score (nSPS) is 9.94. The van der Waals surface area contributed by atoms with Crippen LogP contribution in [0, 0.1) is 0 Å². The SMILES string of the molecule is CCN(C)C(=O)COc1cc(C(=O)O)ccc1Br. The largest absolute Gasteiger partial charge is 0.483 e. The van der Waals surface area contributed by atoms with Crippen molar-refractivity contribution in [1.29, 1.82) is 0 Å². The number of nitrogens with zero attached hydrogens (tertiary/aromatic N) is 1. The van der Waals surface area contributed by atoms with Crippen molar-refractivity contribution in [3.8, 4) is 5.75 Å². The molecule has 0 bridgehead atoms. The molecule has 0 aliphatic rings. The fourth-order valence-corrected chi connectivity index (χ4v) is 1.53. The maximum atomic E-state index is 11.5. The zero-order valence-corrected chi connectivity index (χ0v) is 11.7. The van der Waals surface area contributed by atoms with E-state index in [-0.39, 0.29) is 18.1 Å². The minimum atomic E-state index is -1.04. The molecule has 0 unspecified atom stereocenters. The van der Waals surface area contributed by atoms with Gasteiger partial charge in [-0.2, -0.15) is 0 Å². The summed E-state index contributed by atoms with van der Waals surface area (Å²) in [7, 11) is 1.68. The first kappa shape index (κ1) is 14.5. The molecule has 0 heterocycles. The van der Waals surface area contributed by atoms with E-state index >= 15 is 0 Å². The second kappa shape index (κ2) is 6.39. The summed E-state index contributed by atoms with van der Waals surface area (Å²) in [4.78, 5) is 23.9. The van der Waals surface area contributed by atoms with Crippen LogP contribution in [0.3, 0.4) is 0 Å². The first-order chi connectivity index (χ1) is 8.45. The third-order valence-electron chi connectivity index (χ3n) is 2.43. The average molecular weight is 316 g/mol. The molecule has 1 aromatic rings. The lowest BCUT2D eigenvalue weighted by Crippen LogP contribution is -2.31. The Kier molecular flexibility index (Phi) is 5.15. The Hall–Kier alpha value is -1.56. The molecular formula is C12H14BrNO4. The molecule has 5 nitrogen and oxygen atoms in total. The van der Waals surface area contributed by atoms with Crippen LogP contribution in [-0.2, 0) is 4.79 Å². The smallest absolute Gasteiger partial charge is 0.335 e. The number of hydrogen-bond acceptors (Lipinski definition) is 3. The molecule has 0 saturated heterocycles. The quantitative estimate of drug-likeness (QED) is 0.902. The first-order valence-electron chi connectivity index (χ1n) is 5.35. The van der Waals surface area contributed by atoms with E-state index in [0.717, 1.165) is 0 Å². The van der Waals surface area contributed by atoms with Crippen molar-refractivity contribution in [2.24, 2.45) is 0 Å². The predicted molar refractivity (Wildman–Crippen MR) is 69.9 cm³/mol. The van der Waals surface area contributed by atoms with E-state index in [1.54, 1.807) is 13.1 Å². The van der Waals surface area contributed by atoms with Crippen molar-refractivity contribution in [2.75, 3.05) is 20.2 Å². The highest BCUT2D eigenvalue weighted by Gasteiger charge is 2.11. The summed E-state index contributed by atoms with van der Waals surface area (Å²) in [6.45, 7) is 2.34. The fraction of sp³-hybridized carbons (Fsp3) is 0.333. The van der Waals surface area contributed by atoms with Crippen LogP contribution >= 0.6 is 15.9 Å². The van der Waals surface area contributed by atoms with Crippen LogP contribution in [0.15, 0.2) is 22.7 Å². The lowest BCUT2D eigenvalue weighted by molar-refractivity contribution is -0.131. The Morgan fingerprint density at radius 1 is 1.44 bits per heavy atom. The molecule has 98 valence electrons. The Morgan fingerprint density at radius 2 is 2.11 bits per heavy atom. The van der Waals surface area contributed by atoms with Gasteiger partial charge < -0.3 is 14.7 Å². The number of benzene rings is 1. The Bertz CT molecular complexity index is 461. The van der Waals surface area contributed by atoms with Gasteiger partial charge in [0.05, 0.1) is 10.0 Å². The zero-order chi connectivity index (χ0) is 13.7. The number of ether oxygens (including phenoxy) is 1. The molecular weight excluding hydrogens is 302 g/mol. The van der Waals surface area contributed by atoms with Crippen molar-refractivity contribution in [3.63, 3.8) is 0 Å². The maximum Gasteiger partial charge on any atom is 0.335 e. The van der Waals surface area contributed by atoms with Gasteiger partial charge in [-0.05, 0) is 41.1 Å². The van der Waals surface area contributed by atoms with Gasteiger partial charge in [0.25, 0.3) is 5.91 Å². The Labute approximate surface area is 113 Å². The molecule has 0 aliphatic carbocycles. The average Bonchev–Trinajstić information content (AvgIpc) is 2.36. The van der Waals surface area contributed by atoms with Crippen molar-refractivity contribution in [3.05, 3.63) is 28.2 Å². The van der Waals surface area contributed by atoms with E-state index in [2.05, 4.69) is 15.9 Å². The molecule has 18 heavy (non-hydrogen) atoms. The number of rotatable bonds is 5. The molecule has 1 amide bonds. The van der Waals surface area contributed by atoms with Gasteiger partial charge in [0.2, 0.25) is 0 Å². The number of amides is 1. The highest BCUT2D eigenvalue weighted by molar-refractivity contribution is 9.10. The molecule has 0 saturated carbocycles. The van der Waals surface area contributed by atoms with Crippen LogP contribution in [0.2, 0.25) is 0 Å². The summed E-state index contributed by atoms with van der Waals surface area (Å²) in [5.74, 6) is -0.859. The van der Waals surface area contributed by atoms with Gasteiger partial charge in [0, 0.05) is 13.6 Å². The summed E-state index contributed by atoms with van der Waals surface area (Å²) in [5.41, 5.74) is 0.115. The summed E-state index contributed by atoms with van der Waals surface area (Å²) < 4.78 is 5.92. The van der Waals surface area contributed by atoms with Gasteiger partial charge in [-0.25, -0.2) is 4.79 Å². The number of aromatic carboxylic acids is 1. The highest BCUT2D eigenvalue weighted by Crippen LogP contribution is 2.26. The highest BCUT2D eigenvalue weighted by atomic mass is 79.9. The molecule has 0 atom stereocenters. The number of halogens is 1. The predicted octanol–water partition coefficient (Wildman–Crippen LogP) is 2.00. The summed E-state index contributed by atoms with van der Waals surface area (Å²) >= 11 is 3.24. The first-order valence-corrected chi connectivity index (χ1v) is 6.14. The van der Waals surface area contributed by atoms with Crippen LogP contribution < -0.4 is 4.74 Å². The van der Waals surface area contributed by atoms with Crippen LogP contribution in [0.1, 0.15) is 17.3 Å². The Balaban J connectivity index is 2.75. The van der Waals surface area contributed by atoms with E-state index in [4.69, 9.17) is 9.84 Å². The topological polar surface area (TPSA) is 66.8 Å². The summed E-state index contributed by atoms with van der Waals surface area (Å²) in [6.07, 6.45) is 0. The summed E-state index contributed by atoms with van der Waals surface area (Å²) in [5, 5.41) is 8.86. The Morgan fingerprint density at radius 3 is 2.67 bits per heavy atom. The van der Waals surface area contributed by atoms with Crippen LogP contribution in [0.4, 0.5) is 0 Å². The van der Waals surface area contributed by atoms with Crippen LogP contribution in [-0.4, -0.2) is 42.1 Å². The van der Waals surface area contributed by atoms with Gasteiger partial charge in [-0.3, -0.25) is 4.79 Å². The maximum absolute atomic E-state index is 11.5. The number of likely N-dealkylation sites (N-methyl/N-ethyl adjacent to an activating group) is 1. The van der Waals surface area contributed by atoms with E-state index < -0.39 is 5.97 Å². The molecule has 0 aliphatic heterocycles. The third-order valence-corrected chi connectivity index (χ3v) is 3.08. The number of hydrogen-bond donors (Lipinski definition) is 1. The molecule has 1 aromatic carbocycles. The molecule has 0 spiro atoms. The standard InChI is InChI=1S/C12H14BrNO4/c1-3-14(2)11(15)7-18-10-6-8(12(16)17)4-5-9(10)13/h4-6H,3,7H2,1-2H3,(H,16,17). The molecule has 0 aromatic heterocycles. The number of carboxylic acid groups (broad SMARTS) is 1. The molecule has 1 N–H and O–H groups in total. The monoisotopic (exact) mass is 315 g/mol. The van der Waals surface area contributed by atoms with E-state index in [9.17, 15) is 9.59 Å². The lowest BCUT2D eigenvalue weighted by atomic mass is 10.2. The van der Waals surface area contributed by atoms with E-state index in [1.807, 2.05) is 6.92 Å². The molecule has 0 fully saturated rings. The molecule has 1 rings (SSSR count). The van der Waals surface area contributed by atoms with E-state index in [0.29, 0.717) is 16.8 Å². The second-order valence-electron chi connectivity index (χ2n) is 3.65. The van der Waals surface area contributed by atoms with Crippen molar-refractivity contribution in [1.82, 2.24) is 4.90 Å². The third kappa shape index (κ3) is 3.73.